The first kappa shape index (κ1) is 16.5. The summed E-state index contributed by atoms with van der Waals surface area (Å²) in [6, 6.07) is 23.2. The van der Waals surface area contributed by atoms with E-state index < -0.39 is 0 Å². The standard InChI is InChI=1S/C21H23NO2/c1-23-11-12-24-21-8-4-5-17(14-21)15-22-16-18-9-10-19-6-2-3-7-20(19)13-18/h2-10,13-14,22H,11-12,15-16H2,1H3. The Bertz CT molecular complexity index is 785. The van der Waals surface area contributed by atoms with Gasteiger partial charge in [-0.1, -0.05) is 48.5 Å². The normalized spacial score (nSPS) is 10.9. The minimum atomic E-state index is 0.574. The van der Waals surface area contributed by atoms with E-state index in [1.807, 2.05) is 12.1 Å². The van der Waals surface area contributed by atoms with Crippen LogP contribution in [0.4, 0.5) is 0 Å². The average Bonchev–Trinajstić information content (AvgIpc) is 2.62. The molecule has 0 saturated heterocycles. The van der Waals surface area contributed by atoms with Crippen LogP contribution in [-0.4, -0.2) is 20.3 Å². The molecule has 0 amide bonds. The minimum Gasteiger partial charge on any atom is -0.491 e. The van der Waals surface area contributed by atoms with Gasteiger partial charge in [0, 0.05) is 20.2 Å². The van der Waals surface area contributed by atoms with Crippen molar-refractivity contribution in [2.75, 3.05) is 20.3 Å². The highest BCUT2D eigenvalue weighted by Gasteiger charge is 1.99. The first-order chi connectivity index (χ1) is 11.8. The Kier molecular flexibility index (Phi) is 5.83. The fourth-order valence-corrected chi connectivity index (χ4v) is 2.69. The average molecular weight is 321 g/mol. The summed E-state index contributed by atoms with van der Waals surface area (Å²) < 4.78 is 10.6. The summed E-state index contributed by atoms with van der Waals surface area (Å²) in [5.74, 6) is 0.886. The lowest BCUT2D eigenvalue weighted by Crippen LogP contribution is -2.12. The second kappa shape index (κ2) is 8.48. The first-order valence-corrected chi connectivity index (χ1v) is 8.24. The lowest BCUT2D eigenvalue weighted by atomic mass is 10.1. The van der Waals surface area contributed by atoms with Crippen LogP contribution in [0.3, 0.4) is 0 Å². The van der Waals surface area contributed by atoms with Gasteiger partial charge in [0.15, 0.2) is 0 Å². The maximum atomic E-state index is 5.65. The number of rotatable bonds is 8. The van der Waals surface area contributed by atoms with Gasteiger partial charge >= 0.3 is 0 Å². The smallest absolute Gasteiger partial charge is 0.119 e. The van der Waals surface area contributed by atoms with Crippen LogP contribution in [0, 0.1) is 0 Å². The molecule has 24 heavy (non-hydrogen) atoms. The molecule has 0 radical (unpaired) electrons. The zero-order valence-electron chi connectivity index (χ0n) is 14.0. The van der Waals surface area contributed by atoms with Crippen molar-refractivity contribution in [1.29, 1.82) is 0 Å². The molecule has 0 aliphatic heterocycles. The number of hydrogen-bond acceptors (Lipinski definition) is 3. The lowest BCUT2D eigenvalue weighted by Gasteiger charge is -2.09. The molecule has 0 aliphatic carbocycles. The van der Waals surface area contributed by atoms with Gasteiger partial charge in [0.05, 0.1) is 6.61 Å². The van der Waals surface area contributed by atoms with Gasteiger partial charge in [-0.3, -0.25) is 0 Å². The van der Waals surface area contributed by atoms with Crippen LogP contribution in [0.25, 0.3) is 10.8 Å². The van der Waals surface area contributed by atoms with Crippen molar-refractivity contribution in [1.82, 2.24) is 5.32 Å². The molecule has 0 aliphatic rings. The van der Waals surface area contributed by atoms with Gasteiger partial charge in [0.25, 0.3) is 0 Å². The van der Waals surface area contributed by atoms with Crippen molar-refractivity contribution in [2.45, 2.75) is 13.1 Å². The maximum Gasteiger partial charge on any atom is 0.119 e. The molecule has 124 valence electrons. The molecule has 0 saturated carbocycles. The monoisotopic (exact) mass is 321 g/mol. The van der Waals surface area contributed by atoms with Gasteiger partial charge in [-0.25, -0.2) is 0 Å². The van der Waals surface area contributed by atoms with E-state index in [1.54, 1.807) is 7.11 Å². The predicted octanol–water partition coefficient (Wildman–Crippen LogP) is 4.15. The summed E-state index contributed by atoms with van der Waals surface area (Å²) >= 11 is 0. The van der Waals surface area contributed by atoms with E-state index in [9.17, 15) is 0 Å². The summed E-state index contributed by atoms with van der Waals surface area (Å²) in [7, 11) is 1.68. The molecule has 3 aromatic carbocycles. The second-order valence-corrected chi connectivity index (χ2v) is 5.77. The van der Waals surface area contributed by atoms with Gasteiger partial charge in [-0.05, 0) is 40.1 Å². The number of fused-ring (bicyclic) bond motifs is 1. The number of ether oxygens (including phenoxy) is 2. The van der Waals surface area contributed by atoms with E-state index in [4.69, 9.17) is 9.47 Å². The quantitative estimate of drug-likeness (QED) is 0.632. The highest BCUT2D eigenvalue weighted by molar-refractivity contribution is 5.82. The van der Waals surface area contributed by atoms with E-state index in [2.05, 4.69) is 59.9 Å². The van der Waals surface area contributed by atoms with Gasteiger partial charge in [0.2, 0.25) is 0 Å². The fraction of sp³-hybridized carbons (Fsp3) is 0.238. The number of hydrogen-bond donors (Lipinski definition) is 1. The van der Waals surface area contributed by atoms with Crippen LogP contribution in [0.2, 0.25) is 0 Å². The van der Waals surface area contributed by atoms with Crippen molar-refractivity contribution in [2.24, 2.45) is 0 Å². The molecule has 3 aromatic rings. The van der Waals surface area contributed by atoms with Gasteiger partial charge in [-0.2, -0.15) is 0 Å². The molecule has 3 nitrogen and oxygen atoms in total. The third kappa shape index (κ3) is 4.57. The Labute approximate surface area is 143 Å². The van der Waals surface area contributed by atoms with Gasteiger partial charge in [-0.15, -0.1) is 0 Å². The molecule has 0 heterocycles. The van der Waals surface area contributed by atoms with Gasteiger partial charge in [0.1, 0.15) is 12.4 Å². The van der Waals surface area contributed by atoms with Crippen molar-refractivity contribution in [3.63, 3.8) is 0 Å². The van der Waals surface area contributed by atoms with Gasteiger partial charge < -0.3 is 14.8 Å². The van der Waals surface area contributed by atoms with Crippen LogP contribution in [0.5, 0.6) is 5.75 Å². The van der Waals surface area contributed by atoms with Crippen LogP contribution < -0.4 is 10.1 Å². The molecule has 0 unspecified atom stereocenters. The number of benzene rings is 3. The third-order valence-corrected chi connectivity index (χ3v) is 3.93. The topological polar surface area (TPSA) is 30.5 Å². The number of methoxy groups -OCH3 is 1. The van der Waals surface area contributed by atoms with Crippen LogP contribution >= 0.6 is 0 Å². The van der Waals surface area contributed by atoms with E-state index in [0.717, 1.165) is 18.8 Å². The summed E-state index contributed by atoms with van der Waals surface area (Å²) in [5.41, 5.74) is 2.51. The van der Waals surface area contributed by atoms with Crippen molar-refractivity contribution in [3.05, 3.63) is 77.9 Å². The SMILES string of the molecule is COCCOc1cccc(CNCc2ccc3ccccc3c2)c1. The molecule has 0 spiro atoms. The van der Waals surface area contributed by atoms with E-state index in [1.165, 1.54) is 21.9 Å². The van der Waals surface area contributed by atoms with Crippen molar-refractivity contribution in [3.8, 4) is 5.75 Å². The summed E-state index contributed by atoms with van der Waals surface area (Å²) in [4.78, 5) is 0. The molecular formula is C21H23NO2. The zero-order chi connectivity index (χ0) is 16.6. The highest BCUT2D eigenvalue weighted by atomic mass is 16.5. The Morgan fingerprint density at radius 2 is 1.54 bits per heavy atom. The molecule has 1 N–H and O–H groups in total. The maximum absolute atomic E-state index is 5.65. The van der Waals surface area contributed by atoms with Crippen LogP contribution in [0.1, 0.15) is 11.1 Å². The predicted molar refractivity (Wildman–Crippen MR) is 98.3 cm³/mol. The minimum absolute atomic E-state index is 0.574. The molecule has 0 bridgehead atoms. The Hall–Kier alpha value is -2.36. The molecule has 0 atom stereocenters. The zero-order valence-corrected chi connectivity index (χ0v) is 14.0. The third-order valence-electron chi connectivity index (χ3n) is 3.93. The molecular weight excluding hydrogens is 298 g/mol. The van der Waals surface area contributed by atoms with Crippen molar-refractivity contribution >= 4 is 10.8 Å². The molecule has 3 heteroatoms. The lowest BCUT2D eigenvalue weighted by molar-refractivity contribution is 0.146. The van der Waals surface area contributed by atoms with Crippen LogP contribution in [0.15, 0.2) is 66.7 Å². The van der Waals surface area contributed by atoms with Crippen LogP contribution in [-0.2, 0) is 17.8 Å². The fourth-order valence-electron chi connectivity index (χ4n) is 2.69. The Morgan fingerprint density at radius 3 is 2.38 bits per heavy atom. The highest BCUT2D eigenvalue weighted by Crippen LogP contribution is 2.16. The summed E-state index contributed by atoms with van der Waals surface area (Å²) in [6.07, 6.45) is 0. The summed E-state index contributed by atoms with van der Waals surface area (Å²) in [6.45, 7) is 2.84. The van der Waals surface area contributed by atoms with E-state index in [0.29, 0.717) is 13.2 Å². The largest absolute Gasteiger partial charge is 0.491 e. The molecule has 0 aromatic heterocycles. The Morgan fingerprint density at radius 1 is 0.750 bits per heavy atom. The second-order valence-electron chi connectivity index (χ2n) is 5.77. The number of nitrogens with one attached hydrogen (secondary N) is 1. The molecule has 3 rings (SSSR count). The van der Waals surface area contributed by atoms with Crippen molar-refractivity contribution < 1.29 is 9.47 Å². The first-order valence-electron chi connectivity index (χ1n) is 8.24. The summed E-state index contributed by atoms with van der Waals surface area (Å²) in [5, 5.41) is 6.06. The van der Waals surface area contributed by atoms with E-state index >= 15 is 0 Å². The molecule has 0 fully saturated rings. The Balaban J connectivity index is 1.54. The van der Waals surface area contributed by atoms with E-state index in [-0.39, 0.29) is 0 Å².